The van der Waals surface area contributed by atoms with Crippen molar-refractivity contribution in [2.45, 2.75) is 13.5 Å². The van der Waals surface area contributed by atoms with E-state index in [0.717, 1.165) is 5.56 Å². The molecule has 1 heterocycles. The zero-order valence-corrected chi connectivity index (χ0v) is 14.0. The number of benzene rings is 2. The number of hydrogen-bond donors (Lipinski definition) is 1. The van der Waals surface area contributed by atoms with Crippen molar-refractivity contribution in [1.82, 2.24) is 9.97 Å². The monoisotopic (exact) mass is 348 g/mol. The number of rotatable bonds is 5. The van der Waals surface area contributed by atoms with Gasteiger partial charge in [-0.2, -0.15) is 0 Å². The van der Waals surface area contributed by atoms with Crippen LogP contribution in [0.2, 0.25) is 0 Å². The Morgan fingerprint density at radius 3 is 2.19 bits per heavy atom. The molecule has 0 atom stereocenters. The first-order valence-corrected chi connectivity index (χ1v) is 7.94. The van der Waals surface area contributed by atoms with E-state index in [-0.39, 0.29) is 29.4 Å². The third-order valence-electron chi connectivity index (χ3n) is 3.74. The highest BCUT2D eigenvalue weighted by atomic mass is 16.5. The van der Waals surface area contributed by atoms with Crippen LogP contribution in [0.3, 0.4) is 0 Å². The standard InChI is InChI=1S/C20H16N2O4/c1-13-16(20(25)26-12-14-8-4-2-5-9-14)17(19(23)24)22-18(21-13)15-10-6-3-7-11-15/h2-11H,12H2,1H3,(H,23,24). The molecule has 3 aromatic rings. The average molecular weight is 348 g/mol. The molecule has 6 nitrogen and oxygen atoms in total. The summed E-state index contributed by atoms with van der Waals surface area (Å²) in [6.07, 6.45) is 0. The number of carbonyl (C=O) groups is 2. The van der Waals surface area contributed by atoms with Gasteiger partial charge in [0.05, 0.1) is 5.69 Å². The number of nitrogens with zero attached hydrogens (tertiary/aromatic N) is 2. The topological polar surface area (TPSA) is 89.4 Å². The predicted molar refractivity (Wildman–Crippen MR) is 94.7 cm³/mol. The molecule has 0 aliphatic rings. The van der Waals surface area contributed by atoms with Crippen molar-refractivity contribution in [3.8, 4) is 11.4 Å². The van der Waals surface area contributed by atoms with E-state index in [9.17, 15) is 14.7 Å². The highest BCUT2D eigenvalue weighted by Gasteiger charge is 2.25. The Labute approximate surface area is 150 Å². The highest BCUT2D eigenvalue weighted by Crippen LogP contribution is 2.20. The van der Waals surface area contributed by atoms with Crippen molar-refractivity contribution in [3.63, 3.8) is 0 Å². The van der Waals surface area contributed by atoms with Gasteiger partial charge in [0.1, 0.15) is 12.2 Å². The lowest BCUT2D eigenvalue weighted by Gasteiger charge is -2.11. The minimum absolute atomic E-state index is 0.0403. The van der Waals surface area contributed by atoms with Gasteiger partial charge in [-0.05, 0) is 12.5 Å². The van der Waals surface area contributed by atoms with Crippen molar-refractivity contribution >= 4 is 11.9 Å². The lowest BCUT2D eigenvalue weighted by Crippen LogP contribution is -2.17. The van der Waals surface area contributed by atoms with E-state index in [1.165, 1.54) is 0 Å². The summed E-state index contributed by atoms with van der Waals surface area (Å²) in [5.41, 5.74) is 1.23. The number of carbonyl (C=O) groups excluding carboxylic acids is 1. The molecular formula is C20H16N2O4. The number of esters is 1. The van der Waals surface area contributed by atoms with Crippen molar-refractivity contribution < 1.29 is 19.4 Å². The van der Waals surface area contributed by atoms with Gasteiger partial charge in [0, 0.05) is 5.56 Å². The first-order valence-electron chi connectivity index (χ1n) is 7.94. The lowest BCUT2D eigenvalue weighted by molar-refractivity contribution is 0.0460. The van der Waals surface area contributed by atoms with Crippen molar-refractivity contribution in [1.29, 1.82) is 0 Å². The van der Waals surface area contributed by atoms with E-state index in [1.807, 2.05) is 36.4 Å². The molecule has 0 spiro atoms. The molecule has 0 unspecified atom stereocenters. The van der Waals surface area contributed by atoms with E-state index in [0.29, 0.717) is 5.56 Å². The molecule has 0 aliphatic heterocycles. The molecule has 0 radical (unpaired) electrons. The Kier molecular flexibility index (Phi) is 5.03. The van der Waals surface area contributed by atoms with Crippen LogP contribution in [0.15, 0.2) is 60.7 Å². The SMILES string of the molecule is Cc1nc(-c2ccccc2)nc(C(=O)O)c1C(=O)OCc1ccccc1. The number of ether oxygens (including phenoxy) is 1. The van der Waals surface area contributed by atoms with Gasteiger partial charge in [0.25, 0.3) is 0 Å². The molecule has 0 fully saturated rings. The van der Waals surface area contributed by atoms with Gasteiger partial charge in [-0.15, -0.1) is 0 Å². The van der Waals surface area contributed by atoms with Crippen LogP contribution >= 0.6 is 0 Å². The summed E-state index contributed by atoms with van der Waals surface area (Å²) < 4.78 is 5.25. The summed E-state index contributed by atoms with van der Waals surface area (Å²) in [4.78, 5) is 32.4. The van der Waals surface area contributed by atoms with Crippen LogP contribution in [0.25, 0.3) is 11.4 Å². The van der Waals surface area contributed by atoms with Crippen LogP contribution in [0.5, 0.6) is 0 Å². The van der Waals surface area contributed by atoms with Gasteiger partial charge in [-0.1, -0.05) is 60.7 Å². The van der Waals surface area contributed by atoms with Crippen LogP contribution in [0.1, 0.15) is 32.1 Å². The minimum Gasteiger partial charge on any atom is -0.476 e. The molecule has 0 amide bonds. The van der Waals surface area contributed by atoms with Crippen LogP contribution in [-0.4, -0.2) is 27.0 Å². The molecule has 130 valence electrons. The van der Waals surface area contributed by atoms with Crippen molar-refractivity contribution in [3.05, 3.63) is 83.2 Å². The summed E-state index contributed by atoms with van der Waals surface area (Å²) >= 11 is 0. The van der Waals surface area contributed by atoms with Gasteiger partial charge in [-0.3, -0.25) is 0 Å². The first kappa shape index (κ1) is 17.3. The van der Waals surface area contributed by atoms with E-state index < -0.39 is 11.9 Å². The average Bonchev–Trinajstić information content (AvgIpc) is 2.67. The highest BCUT2D eigenvalue weighted by molar-refractivity contribution is 6.02. The zero-order chi connectivity index (χ0) is 18.5. The van der Waals surface area contributed by atoms with E-state index in [4.69, 9.17) is 4.74 Å². The van der Waals surface area contributed by atoms with Gasteiger partial charge < -0.3 is 9.84 Å². The number of aryl methyl sites for hydroxylation is 1. The predicted octanol–water partition coefficient (Wildman–Crippen LogP) is 3.51. The Morgan fingerprint density at radius 1 is 0.962 bits per heavy atom. The Balaban J connectivity index is 1.93. The molecular weight excluding hydrogens is 332 g/mol. The number of carboxylic acids is 1. The van der Waals surface area contributed by atoms with Crippen LogP contribution in [0, 0.1) is 6.92 Å². The summed E-state index contributed by atoms with van der Waals surface area (Å²) in [6.45, 7) is 1.61. The fraction of sp³-hybridized carbons (Fsp3) is 0.100. The summed E-state index contributed by atoms with van der Waals surface area (Å²) in [7, 11) is 0. The van der Waals surface area contributed by atoms with Crippen molar-refractivity contribution in [2.24, 2.45) is 0 Å². The maximum atomic E-state index is 12.4. The second kappa shape index (κ2) is 7.57. The number of aromatic nitrogens is 2. The Bertz CT molecular complexity index is 941. The number of hydrogen-bond acceptors (Lipinski definition) is 5. The molecule has 6 heteroatoms. The van der Waals surface area contributed by atoms with Gasteiger partial charge in [-0.25, -0.2) is 19.6 Å². The Morgan fingerprint density at radius 2 is 1.58 bits per heavy atom. The third kappa shape index (κ3) is 3.75. The minimum atomic E-state index is -1.31. The summed E-state index contributed by atoms with van der Waals surface area (Å²) in [6, 6.07) is 18.1. The molecule has 2 aromatic carbocycles. The van der Waals surface area contributed by atoms with E-state index in [1.54, 1.807) is 31.2 Å². The normalized spacial score (nSPS) is 10.3. The zero-order valence-electron chi connectivity index (χ0n) is 14.0. The summed E-state index contributed by atoms with van der Waals surface area (Å²) in [5.74, 6) is -1.82. The van der Waals surface area contributed by atoms with Crippen LogP contribution in [-0.2, 0) is 11.3 Å². The molecule has 0 saturated carbocycles. The van der Waals surface area contributed by atoms with E-state index >= 15 is 0 Å². The first-order chi connectivity index (χ1) is 12.6. The van der Waals surface area contributed by atoms with E-state index in [2.05, 4.69) is 9.97 Å². The summed E-state index contributed by atoms with van der Waals surface area (Å²) in [5, 5.41) is 9.50. The molecule has 1 N–H and O–H groups in total. The molecule has 0 bridgehead atoms. The maximum absolute atomic E-state index is 12.4. The maximum Gasteiger partial charge on any atom is 0.355 e. The smallest absolute Gasteiger partial charge is 0.355 e. The fourth-order valence-corrected chi connectivity index (χ4v) is 2.48. The van der Waals surface area contributed by atoms with Crippen LogP contribution < -0.4 is 0 Å². The third-order valence-corrected chi connectivity index (χ3v) is 3.74. The fourth-order valence-electron chi connectivity index (χ4n) is 2.48. The largest absolute Gasteiger partial charge is 0.476 e. The van der Waals surface area contributed by atoms with Gasteiger partial charge >= 0.3 is 11.9 Å². The lowest BCUT2D eigenvalue weighted by atomic mass is 10.1. The van der Waals surface area contributed by atoms with Gasteiger partial charge in [0.15, 0.2) is 11.5 Å². The second-order valence-electron chi connectivity index (χ2n) is 5.59. The molecule has 26 heavy (non-hydrogen) atoms. The molecule has 0 aliphatic carbocycles. The number of aromatic carboxylic acids is 1. The quantitative estimate of drug-likeness (QED) is 0.710. The second-order valence-corrected chi connectivity index (χ2v) is 5.59. The van der Waals surface area contributed by atoms with Crippen molar-refractivity contribution in [2.75, 3.05) is 0 Å². The van der Waals surface area contributed by atoms with Crippen LogP contribution in [0.4, 0.5) is 0 Å². The molecule has 0 saturated heterocycles. The molecule has 1 aromatic heterocycles. The molecule has 3 rings (SSSR count). The van der Waals surface area contributed by atoms with Gasteiger partial charge in [0.2, 0.25) is 0 Å². The Hall–Kier alpha value is -3.54. The number of carboxylic acid groups (broad SMARTS) is 1.